The number of nitrogens with one attached hydrogen (secondary N) is 1. The number of nitrogens with zero attached hydrogens (tertiary/aromatic N) is 1. The SMILES string of the molecule is COC(=O)c1ccc(/C=C2/SC(=S)N(CNc3ccc(-c4ccccc4)cc3)C2=O)cc1. The van der Waals surface area contributed by atoms with Crippen LogP contribution >= 0.6 is 24.0 Å². The molecule has 1 saturated heterocycles. The van der Waals surface area contributed by atoms with Gasteiger partial charge in [-0.15, -0.1) is 0 Å². The van der Waals surface area contributed by atoms with Crippen LogP contribution in [0.2, 0.25) is 0 Å². The van der Waals surface area contributed by atoms with E-state index in [9.17, 15) is 9.59 Å². The van der Waals surface area contributed by atoms with Gasteiger partial charge in [0.15, 0.2) is 0 Å². The van der Waals surface area contributed by atoms with Gasteiger partial charge >= 0.3 is 5.97 Å². The molecule has 1 heterocycles. The van der Waals surface area contributed by atoms with E-state index in [0.717, 1.165) is 22.4 Å². The maximum absolute atomic E-state index is 12.8. The summed E-state index contributed by atoms with van der Waals surface area (Å²) in [5.74, 6) is -0.545. The van der Waals surface area contributed by atoms with Crippen LogP contribution in [0.15, 0.2) is 83.8 Å². The van der Waals surface area contributed by atoms with Crippen molar-refractivity contribution in [3.63, 3.8) is 0 Å². The molecule has 0 radical (unpaired) electrons. The summed E-state index contributed by atoms with van der Waals surface area (Å²) < 4.78 is 5.20. The van der Waals surface area contributed by atoms with Gasteiger partial charge in [0.25, 0.3) is 5.91 Å². The molecule has 0 aromatic heterocycles. The minimum Gasteiger partial charge on any atom is -0.465 e. The Morgan fingerprint density at radius 2 is 1.66 bits per heavy atom. The second-order valence-electron chi connectivity index (χ2n) is 7.00. The molecule has 1 aliphatic heterocycles. The zero-order valence-electron chi connectivity index (χ0n) is 17.3. The van der Waals surface area contributed by atoms with Gasteiger partial charge in [0.05, 0.1) is 24.2 Å². The number of hydrogen-bond acceptors (Lipinski definition) is 6. The van der Waals surface area contributed by atoms with E-state index in [-0.39, 0.29) is 12.6 Å². The normalized spacial score (nSPS) is 14.7. The van der Waals surface area contributed by atoms with E-state index in [4.69, 9.17) is 17.0 Å². The van der Waals surface area contributed by atoms with Crippen LogP contribution < -0.4 is 5.32 Å². The van der Waals surface area contributed by atoms with Crippen molar-refractivity contribution in [2.45, 2.75) is 0 Å². The Hall–Kier alpha value is -3.42. The number of thiocarbonyl (C=S) groups is 1. The van der Waals surface area contributed by atoms with Crippen molar-refractivity contribution in [1.29, 1.82) is 0 Å². The summed E-state index contributed by atoms with van der Waals surface area (Å²) in [6.07, 6.45) is 1.77. The number of benzene rings is 3. The lowest BCUT2D eigenvalue weighted by molar-refractivity contribution is -0.121. The maximum atomic E-state index is 12.8. The highest BCUT2D eigenvalue weighted by molar-refractivity contribution is 8.26. The van der Waals surface area contributed by atoms with Crippen molar-refractivity contribution in [3.05, 3.63) is 94.9 Å². The first kappa shape index (κ1) is 21.8. The van der Waals surface area contributed by atoms with E-state index in [2.05, 4.69) is 17.4 Å². The van der Waals surface area contributed by atoms with Crippen molar-refractivity contribution < 1.29 is 14.3 Å². The first-order chi connectivity index (χ1) is 15.5. The molecule has 1 fully saturated rings. The number of ether oxygens (including phenoxy) is 1. The molecular weight excluding hydrogens is 440 g/mol. The summed E-state index contributed by atoms with van der Waals surface area (Å²) in [4.78, 5) is 26.5. The highest BCUT2D eigenvalue weighted by Crippen LogP contribution is 2.32. The van der Waals surface area contributed by atoms with Crippen molar-refractivity contribution in [1.82, 2.24) is 4.90 Å². The highest BCUT2D eigenvalue weighted by Gasteiger charge is 2.31. The van der Waals surface area contributed by atoms with Crippen molar-refractivity contribution >= 4 is 51.9 Å². The number of amides is 1. The average Bonchev–Trinajstić information content (AvgIpc) is 3.10. The van der Waals surface area contributed by atoms with Gasteiger partial charge in [0, 0.05) is 5.69 Å². The Bertz CT molecular complexity index is 1170. The van der Waals surface area contributed by atoms with Crippen LogP contribution in [-0.2, 0) is 9.53 Å². The maximum Gasteiger partial charge on any atom is 0.337 e. The van der Waals surface area contributed by atoms with Gasteiger partial charge in [-0.1, -0.05) is 78.6 Å². The molecule has 0 aliphatic carbocycles. The summed E-state index contributed by atoms with van der Waals surface area (Å²) in [6, 6.07) is 25.1. The molecule has 1 aliphatic rings. The molecule has 4 rings (SSSR count). The van der Waals surface area contributed by atoms with Gasteiger partial charge in [-0.05, 0) is 47.0 Å². The third-order valence-corrected chi connectivity index (χ3v) is 6.31. The average molecular weight is 461 g/mol. The Labute approximate surface area is 196 Å². The van der Waals surface area contributed by atoms with Crippen LogP contribution in [0.25, 0.3) is 17.2 Å². The molecule has 1 amide bonds. The van der Waals surface area contributed by atoms with E-state index >= 15 is 0 Å². The molecule has 0 bridgehead atoms. The first-order valence-electron chi connectivity index (χ1n) is 9.88. The number of thioether (sulfide) groups is 1. The second-order valence-corrected chi connectivity index (χ2v) is 8.68. The van der Waals surface area contributed by atoms with Crippen LogP contribution in [0.1, 0.15) is 15.9 Å². The monoisotopic (exact) mass is 460 g/mol. The molecule has 3 aromatic rings. The lowest BCUT2D eigenvalue weighted by Gasteiger charge is -2.16. The molecule has 3 aromatic carbocycles. The Morgan fingerprint density at radius 3 is 2.31 bits per heavy atom. The molecular formula is C25H20N2O3S2. The number of rotatable bonds is 6. The van der Waals surface area contributed by atoms with Crippen molar-refractivity contribution in [3.8, 4) is 11.1 Å². The number of hydrogen-bond donors (Lipinski definition) is 1. The van der Waals surface area contributed by atoms with E-state index in [0.29, 0.717) is 14.8 Å². The molecule has 1 N–H and O–H groups in total. The summed E-state index contributed by atoms with van der Waals surface area (Å²) in [7, 11) is 1.34. The largest absolute Gasteiger partial charge is 0.465 e. The minimum absolute atomic E-state index is 0.148. The van der Waals surface area contributed by atoms with Gasteiger partial charge in [0.2, 0.25) is 0 Å². The number of esters is 1. The molecule has 0 atom stereocenters. The van der Waals surface area contributed by atoms with Crippen LogP contribution in [0.4, 0.5) is 5.69 Å². The van der Waals surface area contributed by atoms with E-state index in [1.165, 1.54) is 18.9 Å². The molecule has 0 unspecified atom stereocenters. The van der Waals surface area contributed by atoms with Crippen LogP contribution in [0, 0.1) is 0 Å². The zero-order valence-corrected chi connectivity index (χ0v) is 18.9. The highest BCUT2D eigenvalue weighted by atomic mass is 32.2. The minimum atomic E-state index is -0.397. The predicted molar refractivity (Wildman–Crippen MR) is 133 cm³/mol. The van der Waals surface area contributed by atoms with Crippen molar-refractivity contribution in [2.24, 2.45) is 0 Å². The second kappa shape index (κ2) is 9.80. The molecule has 160 valence electrons. The van der Waals surface area contributed by atoms with Gasteiger partial charge < -0.3 is 10.1 Å². The lowest BCUT2D eigenvalue weighted by Crippen LogP contribution is -2.33. The molecule has 0 saturated carbocycles. The molecule has 5 nitrogen and oxygen atoms in total. The smallest absolute Gasteiger partial charge is 0.337 e. The number of anilines is 1. The van der Waals surface area contributed by atoms with Gasteiger partial charge in [-0.3, -0.25) is 9.69 Å². The number of carbonyl (C=O) groups is 2. The Balaban J connectivity index is 1.40. The summed E-state index contributed by atoms with van der Waals surface area (Å²) in [6.45, 7) is 0.286. The summed E-state index contributed by atoms with van der Waals surface area (Å²) >= 11 is 6.67. The first-order valence-corrected chi connectivity index (χ1v) is 11.1. The van der Waals surface area contributed by atoms with Gasteiger partial charge in [-0.25, -0.2) is 4.79 Å². The third-order valence-electron chi connectivity index (χ3n) is 4.94. The fourth-order valence-corrected chi connectivity index (χ4v) is 4.46. The Kier molecular flexibility index (Phi) is 6.68. The zero-order chi connectivity index (χ0) is 22.5. The van der Waals surface area contributed by atoms with E-state index < -0.39 is 5.97 Å². The standard InChI is InChI=1S/C25H20N2O3S2/c1-30-24(29)20-9-7-17(8-10-20)15-22-23(28)27(25(31)32-22)16-26-21-13-11-19(12-14-21)18-5-3-2-4-6-18/h2-15,26H,16H2,1H3/b22-15+. The lowest BCUT2D eigenvalue weighted by atomic mass is 10.1. The quantitative estimate of drug-likeness (QED) is 0.302. The Morgan fingerprint density at radius 1 is 1.00 bits per heavy atom. The third kappa shape index (κ3) is 4.90. The van der Waals surface area contributed by atoms with Crippen LogP contribution in [-0.4, -0.2) is 34.9 Å². The fraction of sp³-hybridized carbons (Fsp3) is 0.0800. The van der Waals surface area contributed by atoms with Crippen molar-refractivity contribution in [2.75, 3.05) is 19.1 Å². The number of methoxy groups -OCH3 is 1. The van der Waals surface area contributed by atoms with E-state index in [1.54, 1.807) is 35.2 Å². The molecule has 32 heavy (non-hydrogen) atoms. The topological polar surface area (TPSA) is 58.6 Å². The van der Waals surface area contributed by atoms with Gasteiger partial charge in [0.1, 0.15) is 4.32 Å². The molecule has 0 spiro atoms. The fourth-order valence-electron chi connectivity index (χ4n) is 3.20. The van der Waals surface area contributed by atoms with Crippen LogP contribution in [0.3, 0.4) is 0 Å². The predicted octanol–water partition coefficient (Wildman–Crippen LogP) is 5.41. The summed E-state index contributed by atoms with van der Waals surface area (Å²) in [5.41, 5.74) is 4.45. The van der Waals surface area contributed by atoms with Gasteiger partial charge in [-0.2, -0.15) is 0 Å². The van der Waals surface area contributed by atoms with Crippen LogP contribution in [0.5, 0.6) is 0 Å². The molecule has 7 heteroatoms. The summed E-state index contributed by atoms with van der Waals surface area (Å²) in [5, 5.41) is 3.26. The van der Waals surface area contributed by atoms with E-state index in [1.807, 2.05) is 42.5 Å². The number of carbonyl (C=O) groups excluding carboxylic acids is 2.